The lowest BCUT2D eigenvalue weighted by Crippen LogP contribution is -2.41. The van der Waals surface area contributed by atoms with E-state index >= 15 is 0 Å². The molecule has 3 N–H and O–H groups in total. The molecular weight excluding hydrogens is 94.0 g/mol. The summed E-state index contributed by atoms with van der Waals surface area (Å²) in [5.41, 5.74) is 4.06. The summed E-state index contributed by atoms with van der Waals surface area (Å²) in [4.78, 5) is 0. The number of hydrogen-bond donors (Lipinski definition) is 2. The predicted molar refractivity (Wildman–Crippen MR) is 24.6 cm³/mol. The molecule has 1 aliphatic rings. The fraction of sp³-hybridized carbons (Fsp3) is 1.00. The first-order valence-corrected chi connectivity index (χ1v) is 2.23. The van der Waals surface area contributed by atoms with Gasteiger partial charge in [-0.15, -0.1) is 0 Å². The highest BCUT2D eigenvalue weighted by Gasteiger charge is 2.38. The molecule has 1 heterocycles. The van der Waals surface area contributed by atoms with Crippen LogP contribution >= 0.6 is 0 Å². The summed E-state index contributed by atoms with van der Waals surface area (Å²) in [6.45, 7) is 2.13. The van der Waals surface area contributed by atoms with Crippen LogP contribution in [0.25, 0.3) is 0 Å². The molecule has 0 bridgehead atoms. The van der Waals surface area contributed by atoms with Gasteiger partial charge in [0, 0.05) is 0 Å². The van der Waals surface area contributed by atoms with Gasteiger partial charge in [0.2, 0.25) is 0 Å². The molecule has 1 fully saturated rings. The van der Waals surface area contributed by atoms with Crippen LogP contribution in [0.5, 0.6) is 0 Å². The van der Waals surface area contributed by atoms with Gasteiger partial charge in [-0.1, -0.05) is 0 Å². The Morgan fingerprint density at radius 1 is 2.00 bits per heavy atom. The summed E-state index contributed by atoms with van der Waals surface area (Å²) < 4.78 is 4.70. The zero-order valence-electron chi connectivity index (χ0n) is 4.22. The number of rotatable bonds is 1. The van der Waals surface area contributed by atoms with E-state index in [0.717, 1.165) is 0 Å². The lowest BCUT2D eigenvalue weighted by molar-refractivity contribution is 0.0361. The average molecular weight is 103 g/mol. The molecule has 1 saturated heterocycles. The molecule has 0 aliphatic carbocycles. The highest BCUT2D eigenvalue weighted by molar-refractivity contribution is 4.84. The Hall–Kier alpha value is -0.120. The lowest BCUT2D eigenvalue weighted by atomic mass is 10.2. The van der Waals surface area contributed by atoms with Crippen LogP contribution in [0.15, 0.2) is 0 Å². The Morgan fingerprint density at radius 3 is 2.43 bits per heavy atom. The van der Waals surface area contributed by atoms with E-state index in [1.54, 1.807) is 0 Å². The van der Waals surface area contributed by atoms with Crippen LogP contribution in [0, 0.1) is 0 Å². The quantitative estimate of drug-likeness (QED) is 0.332. The minimum atomic E-state index is -1.11. The van der Waals surface area contributed by atoms with E-state index in [0.29, 0.717) is 6.61 Å². The van der Waals surface area contributed by atoms with Crippen molar-refractivity contribution >= 4 is 0 Å². The third-order valence-corrected chi connectivity index (χ3v) is 0.985. The molecule has 1 aliphatic heterocycles. The minimum Gasteiger partial charge on any atom is -0.374 e. The van der Waals surface area contributed by atoms with E-state index in [2.05, 4.69) is 0 Å². The standard InChI is InChI=1S/C4H9NO2/c1-4(5,6)3-2-7-3/h3,6H,2,5H2,1H3. The van der Waals surface area contributed by atoms with Crippen LogP contribution in [-0.4, -0.2) is 23.5 Å². The van der Waals surface area contributed by atoms with E-state index in [9.17, 15) is 0 Å². The second kappa shape index (κ2) is 1.18. The molecule has 1 rings (SSSR count). The van der Waals surface area contributed by atoms with E-state index < -0.39 is 5.72 Å². The number of epoxide rings is 1. The van der Waals surface area contributed by atoms with Crippen LogP contribution in [0.1, 0.15) is 6.92 Å². The fourth-order valence-corrected chi connectivity index (χ4v) is 0.386. The van der Waals surface area contributed by atoms with Crippen molar-refractivity contribution in [1.82, 2.24) is 0 Å². The smallest absolute Gasteiger partial charge is 0.139 e. The zero-order chi connectivity index (χ0) is 5.49. The lowest BCUT2D eigenvalue weighted by Gasteiger charge is -2.11. The minimum absolute atomic E-state index is 0.118. The molecule has 3 nitrogen and oxygen atoms in total. The van der Waals surface area contributed by atoms with Crippen molar-refractivity contribution in [3.63, 3.8) is 0 Å². The van der Waals surface area contributed by atoms with Crippen LogP contribution < -0.4 is 5.73 Å². The third kappa shape index (κ3) is 1.12. The Kier molecular flexibility index (Phi) is 0.849. The number of aliphatic hydroxyl groups is 1. The molecule has 42 valence electrons. The molecule has 0 aromatic rings. The third-order valence-electron chi connectivity index (χ3n) is 0.985. The summed E-state index contributed by atoms with van der Waals surface area (Å²) in [6.07, 6.45) is -0.118. The summed E-state index contributed by atoms with van der Waals surface area (Å²) >= 11 is 0. The molecule has 0 aromatic heterocycles. The number of hydrogen-bond acceptors (Lipinski definition) is 3. The van der Waals surface area contributed by atoms with Gasteiger partial charge >= 0.3 is 0 Å². The van der Waals surface area contributed by atoms with Crippen LogP contribution in [0.2, 0.25) is 0 Å². The maximum atomic E-state index is 8.81. The maximum absolute atomic E-state index is 8.81. The van der Waals surface area contributed by atoms with Crippen molar-refractivity contribution in [2.45, 2.75) is 18.8 Å². The highest BCUT2D eigenvalue weighted by Crippen LogP contribution is 2.18. The first-order chi connectivity index (χ1) is 3.11. The molecular formula is C4H9NO2. The van der Waals surface area contributed by atoms with E-state index in [1.165, 1.54) is 6.92 Å². The van der Waals surface area contributed by atoms with E-state index in [1.807, 2.05) is 0 Å². The van der Waals surface area contributed by atoms with Crippen molar-refractivity contribution in [3.05, 3.63) is 0 Å². The van der Waals surface area contributed by atoms with Gasteiger partial charge in [-0.3, -0.25) is 0 Å². The Labute approximate surface area is 42.1 Å². The van der Waals surface area contributed by atoms with Gasteiger partial charge in [-0.2, -0.15) is 0 Å². The van der Waals surface area contributed by atoms with Gasteiger partial charge in [0.1, 0.15) is 11.8 Å². The van der Waals surface area contributed by atoms with Crippen molar-refractivity contribution in [1.29, 1.82) is 0 Å². The van der Waals surface area contributed by atoms with Gasteiger partial charge < -0.3 is 15.6 Å². The van der Waals surface area contributed by atoms with Crippen molar-refractivity contribution in [2.75, 3.05) is 6.61 Å². The van der Waals surface area contributed by atoms with Crippen LogP contribution in [0.3, 0.4) is 0 Å². The van der Waals surface area contributed by atoms with E-state index in [4.69, 9.17) is 15.6 Å². The molecule has 0 spiro atoms. The molecule has 0 saturated carbocycles. The van der Waals surface area contributed by atoms with Crippen molar-refractivity contribution in [2.24, 2.45) is 5.73 Å². The SMILES string of the molecule is CC(N)(O)C1CO1. The summed E-state index contributed by atoms with van der Waals surface area (Å²) in [6, 6.07) is 0. The van der Waals surface area contributed by atoms with Gasteiger partial charge in [0.25, 0.3) is 0 Å². The van der Waals surface area contributed by atoms with Crippen molar-refractivity contribution < 1.29 is 9.84 Å². The normalized spacial score (nSPS) is 37.3. The first kappa shape index (κ1) is 5.03. The molecule has 3 heteroatoms. The van der Waals surface area contributed by atoms with Gasteiger partial charge in [0.15, 0.2) is 0 Å². The Bertz CT molecular complexity index is 72.2. The first-order valence-electron chi connectivity index (χ1n) is 2.23. The maximum Gasteiger partial charge on any atom is 0.139 e. The van der Waals surface area contributed by atoms with Crippen molar-refractivity contribution in [3.8, 4) is 0 Å². The Morgan fingerprint density at radius 2 is 2.43 bits per heavy atom. The molecule has 2 atom stereocenters. The molecule has 0 radical (unpaired) electrons. The highest BCUT2D eigenvalue weighted by atomic mass is 16.6. The number of ether oxygens (including phenoxy) is 1. The van der Waals surface area contributed by atoms with Gasteiger partial charge in [0.05, 0.1) is 6.61 Å². The second-order valence-corrected chi connectivity index (χ2v) is 2.05. The molecule has 0 aromatic carbocycles. The van der Waals surface area contributed by atoms with E-state index in [-0.39, 0.29) is 6.10 Å². The van der Waals surface area contributed by atoms with Gasteiger partial charge in [-0.25, -0.2) is 0 Å². The molecule has 2 unspecified atom stereocenters. The van der Waals surface area contributed by atoms with Gasteiger partial charge in [-0.05, 0) is 6.92 Å². The number of nitrogens with two attached hydrogens (primary N) is 1. The van der Waals surface area contributed by atoms with Crippen LogP contribution in [-0.2, 0) is 4.74 Å². The topological polar surface area (TPSA) is 58.8 Å². The molecule has 0 amide bonds. The largest absolute Gasteiger partial charge is 0.374 e. The summed E-state index contributed by atoms with van der Waals surface area (Å²) in [5, 5.41) is 8.81. The fourth-order valence-electron chi connectivity index (χ4n) is 0.386. The predicted octanol–water partition coefficient (Wildman–Crippen LogP) is -0.948. The second-order valence-electron chi connectivity index (χ2n) is 2.05. The average Bonchev–Trinajstić information content (AvgIpc) is 1.99. The molecule has 7 heavy (non-hydrogen) atoms. The summed E-state index contributed by atoms with van der Waals surface area (Å²) in [5.74, 6) is 0. The Balaban J connectivity index is 2.36. The zero-order valence-corrected chi connectivity index (χ0v) is 4.22. The monoisotopic (exact) mass is 103 g/mol. The summed E-state index contributed by atoms with van der Waals surface area (Å²) in [7, 11) is 0. The van der Waals surface area contributed by atoms with Crippen LogP contribution in [0.4, 0.5) is 0 Å².